The van der Waals surface area contributed by atoms with Crippen LogP contribution in [0.4, 0.5) is 8.78 Å². The molecule has 2 rings (SSSR count). The molecule has 7 heteroatoms. The third-order valence-electron chi connectivity index (χ3n) is 2.19. The van der Waals surface area contributed by atoms with Crippen molar-refractivity contribution in [1.82, 2.24) is 4.98 Å². The molecule has 19 heavy (non-hydrogen) atoms. The number of rotatable bonds is 3. The molecule has 4 nitrogen and oxygen atoms in total. The van der Waals surface area contributed by atoms with Gasteiger partial charge in [0.15, 0.2) is 11.6 Å². The molecule has 0 aliphatic heterocycles. The van der Waals surface area contributed by atoms with Crippen molar-refractivity contribution >= 4 is 17.5 Å². The molecule has 1 aromatic heterocycles. The fourth-order valence-electron chi connectivity index (χ4n) is 1.29. The van der Waals surface area contributed by atoms with Crippen molar-refractivity contribution in [2.75, 3.05) is 0 Å². The Labute approximate surface area is 111 Å². The first kappa shape index (κ1) is 13.2. The molecule has 0 saturated heterocycles. The number of primary amides is 1. The minimum absolute atomic E-state index is 0.0417. The van der Waals surface area contributed by atoms with E-state index in [0.717, 1.165) is 24.4 Å². The summed E-state index contributed by atoms with van der Waals surface area (Å²) in [7, 11) is 0. The van der Waals surface area contributed by atoms with Crippen LogP contribution in [-0.4, -0.2) is 10.9 Å². The molecular formula is C12H7ClF2N2O2. The van der Waals surface area contributed by atoms with Gasteiger partial charge in [-0.15, -0.1) is 0 Å². The molecule has 0 aliphatic rings. The number of hydrogen-bond acceptors (Lipinski definition) is 3. The van der Waals surface area contributed by atoms with Gasteiger partial charge < -0.3 is 10.5 Å². The fourth-order valence-corrected chi connectivity index (χ4v) is 1.50. The molecule has 0 radical (unpaired) electrons. The van der Waals surface area contributed by atoms with E-state index in [1.54, 1.807) is 0 Å². The summed E-state index contributed by atoms with van der Waals surface area (Å²) >= 11 is 5.80. The van der Waals surface area contributed by atoms with E-state index in [1.807, 2.05) is 0 Å². The van der Waals surface area contributed by atoms with E-state index in [1.165, 1.54) is 6.07 Å². The Morgan fingerprint density at radius 1 is 1.32 bits per heavy atom. The van der Waals surface area contributed by atoms with Crippen LogP contribution in [0.3, 0.4) is 0 Å². The number of hydrogen-bond donors (Lipinski definition) is 1. The van der Waals surface area contributed by atoms with Gasteiger partial charge in [-0.25, -0.2) is 13.8 Å². The van der Waals surface area contributed by atoms with Gasteiger partial charge in [0.25, 0.3) is 0 Å². The Hall–Kier alpha value is -2.21. The Balaban J connectivity index is 2.33. The molecular weight excluding hydrogens is 278 g/mol. The van der Waals surface area contributed by atoms with Gasteiger partial charge in [0, 0.05) is 12.3 Å². The summed E-state index contributed by atoms with van der Waals surface area (Å²) < 4.78 is 31.4. The minimum atomic E-state index is -0.766. The molecule has 0 unspecified atom stereocenters. The van der Waals surface area contributed by atoms with E-state index in [-0.39, 0.29) is 22.2 Å². The lowest BCUT2D eigenvalue weighted by Gasteiger charge is -2.08. The smallest absolute Gasteiger partial charge is 0.250 e. The second kappa shape index (κ2) is 5.19. The summed E-state index contributed by atoms with van der Waals surface area (Å²) in [6, 6.07) is 3.95. The molecule has 1 aromatic carbocycles. The summed E-state index contributed by atoms with van der Waals surface area (Å²) in [4.78, 5) is 14.6. The van der Waals surface area contributed by atoms with Gasteiger partial charge >= 0.3 is 0 Å². The number of aromatic nitrogens is 1. The topological polar surface area (TPSA) is 65.2 Å². The molecule has 2 N–H and O–H groups in total. The maximum absolute atomic E-state index is 13.4. The van der Waals surface area contributed by atoms with Gasteiger partial charge in [-0.3, -0.25) is 4.79 Å². The van der Waals surface area contributed by atoms with Crippen LogP contribution in [0.15, 0.2) is 30.5 Å². The molecule has 0 aliphatic carbocycles. The van der Waals surface area contributed by atoms with Gasteiger partial charge in [-0.2, -0.15) is 0 Å². The summed E-state index contributed by atoms with van der Waals surface area (Å²) in [5.74, 6) is -2.66. The van der Waals surface area contributed by atoms with Crippen LogP contribution in [0.5, 0.6) is 11.6 Å². The molecule has 1 heterocycles. The zero-order valence-corrected chi connectivity index (χ0v) is 10.1. The standard InChI is InChI=1S/C12H7ClF2N2O2/c13-8-3-6(11(16)18)5-17-12(8)19-10-4-7(14)1-2-9(10)15/h1-5H,(H2,16,18). The van der Waals surface area contributed by atoms with Crippen LogP contribution in [0.2, 0.25) is 5.02 Å². The molecule has 0 bridgehead atoms. The first-order valence-electron chi connectivity index (χ1n) is 5.05. The normalized spacial score (nSPS) is 10.3. The number of pyridine rings is 1. The monoisotopic (exact) mass is 284 g/mol. The largest absolute Gasteiger partial charge is 0.434 e. The van der Waals surface area contributed by atoms with Crippen molar-refractivity contribution < 1.29 is 18.3 Å². The summed E-state index contributed by atoms with van der Waals surface area (Å²) in [6.45, 7) is 0. The van der Waals surface area contributed by atoms with Crippen molar-refractivity contribution in [3.63, 3.8) is 0 Å². The van der Waals surface area contributed by atoms with Crippen molar-refractivity contribution in [1.29, 1.82) is 0 Å². The fraction of sp³-hybridized carbons (Fsp3) is 0. The zero-order valence-electron chi connectivity index (χ0n) is 9.36. The number of ether oxygens (including phenoxy) is 1. The molecule has 0 atom stereocenters. The number of nitrogens with two attached hydrogens (primary N) is 1. The van der Waals surface area contributed by atoms with Crippen molar-refractivity contribution in [2.45, 2.75) is 0 Å². The second-order valence-electron chi connectivity index (χ2n) is 3.55. The van der Waals surface area contributed by atoms with E-state index < -0.39 is 17.5 Å². The zero-order chi connectivity index (χ0) is 14.0. The van der Waals surface area contributed by atoms with Gasteiger partial charge in [0.05, 0.1) is 5.56 Å². The SMILES string of the molecule is NC(=O)c1cnc(Oc2cc(F)ccc2F)c(Cl)c1. The lowest BCUT2D eigenvalue weighted by atomic mass is 10.3. The van der Waals surface area contributed by atoms with Crippen LogP contribution >= 0.6 is 11.6 Å². The van der Waals surface area contributed by atoms with Gasteiger partial charge in [0.2, 0.25) is 11.8 Å². The molecule has 1 amide bonds. The molecule has 2 aromatic rings. The van der Waals surface area contributed by atoms with Crippen molar-refractivity contribution in [3.8, 4) is 11.6 Å². The lowest BCUT2D eigenvalue weighted by Crippen LogP contribution is -2.11. The first-order chi connectivity index (χ1) is 8.97. The molecule has 0 spiro atoms. The third kappa shape index (κ3) is 2.97. The van der Waals surface area contributed by atoms with Crippen LogP contribution < -0.4 is 10.5 Å². The number of carbonyl (C=O) groups is 1. The van der Waals surface area contributed by atoms with Crippen molar-refractivity contribution in [3.05, 3.63) is 52.7 Å². The highest BCUT2D eigenvalue weighted by molar-refractivity contribution is 6.32. The van der Waals surface area contributed by atoms with Crippen LogP contribution in [0, 0.1) is 11.6 Å². The van der Waals surface area contributed by atoms with Gasteiger partial charge in [-0.05, 0) is 18.2 Å². The molecule has 98 valence electrons. The Bertz CT molecular complexity index is 650. The summed E-state index contributed by atoms with van der Waals surface area (Å²) in [5, 5.41) is -0.0417. The molecule has 0 saturated carbocycles. The van der Waals surface area contributed by atoms with Crippen LogP contribution in [0.1, 0.15) is 10.4 Å². The van der Waals surface area contributed by atoms with E-state index in [9.17, 15) is 13.6 Å². The third-order valence-corrected chi connectivity index (χ3v) is 2.46. The van der Waals surface area contributed by atoms with Gasteiger partial charge in [-0.1, -0.05) is 11.6 Å². The number of benzene rings is 1. The maximum Gasteiger partial charge on any atom is 0.250 e. The van der Waals surface area contributed by atoms with E-state index in [4.69, 9.17) is 22.1 Å². The highest BCUT2D eigenvalue weighted by Gasteiger charge is 2.12. The average molecular weight is 285 g/mol. The summed E-state index contributed by atoms with van der Waals surface area (Å²) in [6.07, 6.45) is 1.13. The predicted octanol–water partition coefficient (Wildman–Crippen LogP) is 2.90. The number of carbonyl (C=O) groups excluding carboxylic acids is 1. The average Bonchev–Trinajstić information content (AvgIpc) is 2.36. The minimum Gasteiger partial charge on any atom is -0.434 e. The first-order valence-corrected chi connectivity index (χ1v) is 5.43. The quantitative estimate of drug-likeness (QED) is 0.942. The highest BCUT2D eigenvalue weighted by atomic mass is 35.5. The van der Waals surface area contributed by atoms with Crippen molar-refractivity contribution in [2.24, 2.45) is 5.73 Å². The predicted molar refractivity (Wildman–Crippen MR) is 64.2 cm³/mol. The van der Waals surface area contributed by atoms with E-state index in [0.29, 0.717) is 0 Å². The molecule has 0 fully saturated rings. The number of halogens is 3. The number of amides is 1. The van der Waals surface area contributed by atoms with E-state index >= 15 is 0 Å². The number of nitrogens with zero attached hydrogens (tertiary/aromatic N) is 1. The highest BCUT2D eigenvalue weighted by Crippen LogP contribution is 2.29. The Morgan fingerprint density at radius 2 is 2.05 bits per heavy atom. The Morgan fingerprint density at radius 3 is 2.68 bits per heavy atom. The summed E-state index contributed by atoms with van der Waals surface area (Å²) in [5.41, 5.74) is 5.12. The lowest BCUT2D eigenvalue weighted by molar-refractivity contribution is 0.1000. The van der Waals surface area contributed by atoms with Gasteiger partial charge in [0.1, 0.15) is 10.8 Å². The second-order valence-corrected chi connectivity index (χ2v) is 3.96. The Kier molecular flexibility index (Phi) is 3.62. The maximum atomic E-state index is 13.4. The van der Waals surface area contributed by atoms with Crippen LogP contribution in [0.25, 0.3) is 0 Å². The van der Waals surface area contributed by atoms with Crippen LogP contribution in [-0.2, 0) is 0 Å². The van der Waals surface area contributed by atoms with E-state index in [2.05, 4.69) is 4.98 Å².